The maximum atomic E-state index is 11.7. The Kier molecular flexibility index (Phi) is 4.96. The number of benzene rings is 1. The molecule has 0 aliphatic carbocycles. The van der Waals surface area contributed by atoms with Crippen LogP contribution in [-0.2, 0) is 14.6 Å². The van der Waals surface area contributed by atoms with Gasteiger partial charge in [-0.2, -0.15) is 0 Å². The van der Waals surface area contributed by atoms with Gasteiger partial charge in [0.1, 0.15) is 0 Å². The lowest BCUT2D eigenvalue weighted by Gasteiger charge is -2.20. The second kappa shape index (κ2) is 6.99. The Balaban J connectivity index is 1.90. The minimum Gasteiger partial charge on any atom is -0.482 e. The van der Waals surface area contributed by atoms with Gasteiger partial charge in [-0.3, -0.25) is 0 Å². The predicted octanol–water partition coefficient (Wildman–Crippen LogP) is 3.13. The molecule has 2 aromatic rings. The second-order valence-electron chi connectivity index (χ2n) is 6.25. The Hall–Kier alpha value is -1.79. The normalized spacial score (nSPS) is 19.3. The number of aromatic nitrogens is 1. The summed E-state index contributed by atoms with van der Waals surface area (Å²) in [4.78, 5) is 3.62. The summed E-state index contributed by atoms with van der Waals surface area (Å²) in [6, 6.07) is 11.1. The molecule has 1 aliphatic rings. The molecule has 1 aromatic heterocycles. The quantitative estimate of drug-likeness (QED) is 0.870. The highest BCUT2D eigenvalue weighted by Crippen LogP contribution is 2.33. The van der Waals surface area contributed by atoms with Crippen LogP contribution in [0.2, 0.25) is 0 Å². The minimum atomic E-state index is -3.18. The van der Waals surface area contributed by atoms with Gasteiger partial charge in [0.25, 0.3) is 0 Å². The Morgan fingerprint density at radius 3 is 2.54 bits per heavy atom. The van der Waals surface area contributed by atoms with E-state index in [9.17, 15) is 8.42 Å². The van der Waals surface area contributed by atoms with Crippen molar-refractivity contribution < 1.29 is 17.9 Å². The van der Waals surface area contributed by atoms with E-state index in [-0.39, 0.29) is 12.0 Å². The molecule has 0 amide bonds. The van der Waals surface area contributed by atoms with Crippen molar-refractivity contribution >= 4 is 9.84 Å². The van der Waals surface area contributed by atoms with E-state index >= 15 is 0 Å². The third kappa shape index (κ3) is 3.82. The van der Waals surface area contributed by atoms with Crippen LogP contribution in [0.5, 0.6) is 5.88 Å². The van der Waals surface area contributed by atoms with Crippen molar-refractivity contribution in [2.45, 2.75) is 36.2 Å². The zero-order chi connectivity index (χ0) is 17.2. The van der Waals surface area contributed by atoms with Crippen LogP contribution in [0.3, 0.4) is 0 Å². The van der Waals surface area contributed by atoms with E-state index < -0.39 is 9.84 Å². The van der Waals surface area contributed by atoms with Crippen LogP contribution in [0, 0.1) is 0 Å². The molecule has 1 aliphatic heterocycles. The molecule has 3 rings (SSSR count). The second-order valence-corrected chi connectivity index (χ2v) is 8.26. The molecule has 5 nitrogen and oxygen atoms in total. The molecule has 2 heterocycles. The molecule has 2 atom stereocenters. The van der Waals surface area contributed by atoms with Crippen molar-refractivity contribution in [3.05, 3.63) is 47.7 Å². The van der Waals surface area contributed by atoms with E-state index in [2.05, 4.69) is 4.98 Å². The monoisotopic (exact) mass is 349 g/mol. The van der Waals surface area contributed by atoms with Gasteiger partial charge in [-0.05, 0) is 49.1 Å². The molecule has 1 saturated heterocycles. The van der Waals surface area contributed by atoms with Crippen molar-refractivity contribution in [1.29, 1.82) is 0 Å². The smallest absolute Gasteiger partial charge is 0.190 e. The molecule has 2 unspecified atom stereocenters. The molecule has 0 saturated carbocycles. The fourth-order valence-electron chi connectivity index (χ4n) is 3.20. The summed E-state index contributed by atoms with van der Waals surface area (Å²) in [6.45, 7) is 0.818. The van der Waals surface area contributed by atoms with Gasteiger partial charge in [-0.15, -0.1) is 0 Å². The van der Waals surface area contributed by atoms with E-state index in [4.69, 9.17) is 9.47 Å². The third-order valence-electron chi connectivity index (χ3n) is 4.51. The van der Waals surface area contributed by atoms with E-state index in [1.165, 1.54) is 6.26 Å². The van der Waals surface area contributed by atoms with Crippen LogP contribution >= 0.6 is 0 Å². The average molecular weight is 349 g/mol. The summed E-state index contributed by atoms with van der Waals surface area (Å²) < 4.78 is 34.4. The van der Waals surface area contributed by atoms with Crippen molar-refractivity contribution in [1.82, 2.24) is 4.98 Å². The standard InChI is InChI=1S/C18H23NO4S/c1-22-18-10-9-17(19-18)16(12-14-4-3-11-23-14)13-5-7-15(8-6-13)24(2,20)21/h5-10,14,16,19H,3-4,11-12H2,1-2H3. The molecule has 0 spiro atoms. The maximum absolute atomic E-state index is 11.7. The topological polar surface area (TPSA) is 68.4 Å². The van der Waals surface area contributed by atoms with Crippen LogP contribution in [0.1, 0.15) is 36.4 Å². The van der Waals surface area contributed by atoms with E-state index in [0.717, 1.165) is 43.0 Å². The number of rotatable bonds is 6. The number of H-pyrrole nitrogens is 1. The first kappa shape index (κ1) is 17.0. The molecule has 0 radical (unpaired) electrons. The van der Waals surface area contributed by atoms with E-state index in [1.807, 2.05) is 24.3 Å². The lowest BCUT2D eigenvalue weighted by Crippen LogP contribution is -2.13. The van der Waals surface area contributed by atoms with Crippen molar-refractivity contribution in [2.24, 2.45) is 0 Å². The Morgan fingerprint density at radius 1 is 1.25 bits per heavy atom. The lowest BCUT2D eigenvalue weighted by atomic mass is 9.89. The number of sulfone groups is 1. The highest BCUT2D eigenvalue weighted by atomic mass is 32.2. The van der Waals surface area contributed by atoms with Gasteiger partial charge >= 0.3 is 0 Å². The van der Waals surface area contributed by atoms with Crippen molar-refractivity contribution in [2.75, 3.05) is 20.0 Å². The van der Waals surface area contributed by atoms with Gasteiger partial charge in [-0.1, -0.05) is 12.1 Å². The van der Waals surface area contributed by atoms with E-state index in [1.54, 1.807) is 19.2 Å². The largest absolute Gasteiger partial charge is 0.482 e. The summed E-state index contributed by atoms with van der Waals surface area (Å²) in [5, 5.41) is 0. The highest BCUT2D eigenvalue weighted by Gasteiger charge is 2.24. The van der Waals surface area contributed by atoms with Crippen LogP contribution < -0.4 is 4.74 Å². The average Bonchev–Trinajstić information content (AvgIpc) is 3.23. The first-order valence-corrected chi connectivity index (χ1v) is 10.0. The zero-order valence-corrected chi connectivity index (χ0v) is 14.8. The van der Waals surface area contributed by atoms with Gasteiger partial charge < -0.3 is 14.5 Å². The highest BCUT2D eigenvalue weighted by molar-refractivity contribution is 7.90. The summed E-state index contributed by atoms with van der Waals surface area (Å²) in [6.07, 6.45) is 4.48. The van der Waals surface area contributed by atoms with Crippen molar-refractivity contribution in [3.63, 3.8) is 0 Å². The number of hydrogen-bond acceptors (Lipinski definition) is 4. The number of nitrogens with one attached hydrogen (secondary N) is 1. The lowest BCUT2D eigenvalue weighted by molar-refractivity contribution is 0.100. The third-order valence-corrected chi connectivity index (χ3v) is 5.64. The fraction of sp³-hybridized carbons (Fsp3) is 0.444. The molecular weight excluding hydrogens is 326 g/mol. The van der Waals surface area contributed by atoms with Crippen LogP contribution in [0.25, 0.3) is 0 Å². The van der Waals surface area contributed by atoms with Crippen LogP contribution in [0.15, 0.2) is 41.3 Å². The van der Waals surface area contributed by atoms with Crippen LogP contribution in [-0.4, -0.2) is 39.5 Å². The number of hydrogen-bond donors (Lipinski definition) is 1. The predicted molar refractivity (Wildman–Crippen MR) is 92.3 cm³/mol. The Morgan fingerprint density at radius 2 is 2.00 bits per heavy atom. The molecular formula is C18H23NO4S. The first-order chi connectivity index (χ1) is 11.5. The molecule has 0 bridgehead atoms. The molecule has 1 N–H and O–H groups in total. The van der Waals surface area contributed by atoms with Gasteiger partial charge in [0.2, 0.25) is 0 Å². The zero-order valence-electron chi connectivity index (χ0n) is 14.0. The summed E-state index contributed by atoms with van der Waals surface area (Å²) in [7, 11) is -1.55. The minimum absolute atomic E-state index is 0.116. The fourth-order valence-corrected chi connectivity index (χ4v) is 3.83. The van der Waals surface area contributed by atoms with Crippen LogP contribution in [0.4, 0.5) is 0 Å². The van der Waals surface area contributed by atoms with Gasteiger partial charge in [-0.25, -0.2) is 8.42 Å². The molecule has 24 heavy (non-hydrogen) atoms. The van der Waals surface area contributed by atoms with Crippen molar-refractivity contribution in [3.8, 4) is 5.88 Å². The molecule has 6 heteroatoms. The van der Waals surface area contributed by atoms with Gasteiger partial charge in [0.05, 0.1) is 18.1 Å². The molecule has 1 fully saturated rings. The van der Waals surface area contributed by atoms with Gasteiger partial charge in [0.15, 0.2) is 15.7 Å². The Labute approximate surface area is 142 Å². The summed E-state index contributed by atoms with van der Waals surface area (Å²) >= 11 is 0. The van der Waals surface area contributed by atoms with E-state index in [0.29, 0.717) is 4.90 Å². The Bertz CT molecular complexity index is 774. The summed E-state index contributed by atoms with van der Waals surface area (Å²) in [5.41, 5.74) is 2.12. The first-order valence-electron chi connectivity index (χ1n) is 8.12. The summed E-state index contributed by atoms with van der Waals surface area (Å²) in [5.74, 6) is 0.834. The number of methoxy groups -OCH3 is 1. The maximum Gasteiger partial charge on any atom is 0.190 e. The molecule has 130 valence electrons. The number of aromatic amines is 1. The van der Waals surface area contributed by atoms with Gasteiger partial charge in [0, 0.05) is 24.5 Å². The molecule has 1 aromatic carbocycles. The number of ether oxygens (including phenoxy) is 2. The SMILES string of the molecule is COc1ccc(C(CC2CCCO2)c2ccc(S(C)(=O)=O)cc2)[nH]1.